The zero-order chi connectivity index (χ0) is 56.7. The average molecular weight is 1120 g/mol. The molecule has 446 valence electrons. The summed E-state index contributed by atoms with van der Waals surface area (Å²) in [4.78, 5) is 40.3. The Morgan fingerprint density at radius 2 is 1.27 bits per heavy atom. The third kappa shape index (κ3) is 10.0. The monoisotopic (exact) mass is 1120 g/mol. The molecule has 2 spiro atoms. The van der Waals surface area contributed by atoms with Crippen LogP contribution in [0.5, 0.6) is 0 Å². The standard InChI is InChI=1S/C54H86O24/c1-11-22(2)47(65)74-44-45-51(7)15-13-28(18-27(51)12-16-53(45)54(78-53)17-14-29(23(3)57)52(54,8)46(44)70-26(6)58)71-33-19-30(66-9)40(24(4)68-33)75-50-39(64)43(67-10)41(25(5)69-50)76-49-38(63)36(61)42(32(21-56)73-49)77-48-37(62)35(60)34(59)31(20-55)72-48/h22,24-25,27-46,48-50,55-56,59-64H,11-21H2,1-10H3/t22?,24?,25?,27?,28-,29-,30?,31?,32?,33?,34?,35?,36?,37?,38?,39?,40?,41?,42?,43?,44-,45?,46+,48?,49?,50?,51-,52-,53?,54?/m0/s1. The highest BCUT2D eigenvalue weighted by molar-refractivity contribution is 5.81. The minimum absolute atomic E-state index is 0.00180. The van der Waals surface area contributed by atoms with Crippen LogP contribution >= 0.6 is 0 Å². The van der Waals surface area contributed by atoms with Crippen molar-refractivity contribution in [3.63, 3.8) is 0 Å². The van der Waals surface area contributed by atoms with Gasteiger partial charge in [0, 0.05) is 44.8 Å². The average Bonchev–Trinajstić information content (AvgIpc) is 2.57. The fourth-order valence-electron chi connectivity index (χ4n) is 15.7. The molecular weight excluding hydrogens is 1030 g/mol. The van der Waals surface area contributed by atoms with E-state index >= 15 is 0 Å². The van der Waals surface area contributed by atoms with Gasteiger partial charge in [-0.15, -0.1) is 0 Å². The van der Waals surface area contributed by atoms with Gasteiger partial charge in [0.25, 0.3) is 0 Å². The highest BCUT2D eigenvalue weighted by Crippen LogP contribution is 2.81. The van der Waals surface area contributed by atoms with Crippen molar-refractivity contribution in [1.82, 2.24) is 0 Å². The minimum atomic E-state index is -1.85. The van der Waals surface area contributed by atoms with E-state index in [4.69, 9.17) is 61.6 Å². The van der Waals surface area contributed by atoms with E-state index in [0.717, 1.165) is 6.42 Å². The third-order valence-electron chi connectivity index (χ3n) is 20.0. The Kier molecular flexibility index (Phi) is 17.9. The quantitative estimate of drug-likeness (QED) is 0.0525. The lowest BCUT2D eigenvalue weighted by atomic mass is 9.43. The Labute approximate surface area is 454 Å². The first-order valence-corrected chi connectivity index (χ1v) is 28.1. The number of aliphatic hydroxyl groups excluding tert-OH is 8. The van der Waals surface area contributed by atoms with Crippen LogP contribution in [0.15, 0.2) is 0 Å². The van der Waals surface area contributed by atoms with Gasteiger partial charge in [-0.05, 0) is 83.5 Å². The number of epoxide rings is 1. The number of carbonyl (C=O) groups excluding carboxylic acids is 3. The fraction of sp³-hybridized carbons (Fsp3) is 0.944. The second kappa shape index (κ2) is 23.1. The largest absolute Gasteiger partial charge is 0.458 e. The summed E-state index contributed by atoms with van der Waals surface area (Å²) in [5.74, 6) is -1.91. The summed E-state index contributed by atoms with van der Waals surface area (Å²) in [5, 5.41) is 85.1. The van der Waals surface area contributed by atoms with Crippen LogP contribution in [-0.2, 0) is 76.0 Å². The SMILES string of the molecule is CCC(C)C(=O)O[C@H]1C2C3(CCC4C[C@@H](OC5CC(OC)C(OC6OC(C)C(OC7OC(CO)C(OC8OC(CO)C(O)C(O)C8O)C(O)C7O)C(OC)C6O)C(C)O5)CC[C@@]42C)OC32CC[C@@H](C(C)=O)[C@@]2(C)[C@@H]1OC(C)=O. The van der Waals surface area contributed by atoms with Gasteiger partial charge in [0.05, 0.1) is 43.5 Å². The summed E-state index contributed by atoms with van der Waals surface area (Å²) in [7, 11) is 2.88. The molecule has 24 unspecified atom stereocenters. The molecule has 9 fully saturated rings. The summed E-state index contributed by atoms with van der Waals surface area (Å²) in [5.41, 5.74) is -2.70. The smallest absolute Gasteiger partial charge is 0.309 e. The molecule has 24 heteroatoms. The van der Waals surface area contributed by atoms with Crippen molar-refractivity contribution in [2.75, 3.05) is 27.4 Å². The van der Waals surface area contributed by atoms with Crippen LogP contribution in [0.3, 0.4) is 0 Å². The molecule has 9 aliphatic rings. The number of rotatable bonds is 17. The molecule has 0 radical (unpaired) electrons. The lowest BCUT2D eigenvalue weighted by molar-refractivity contribution is -0.384. The van der Waals surface area contributed by atoms with Gasteiger partial charge in [-0.3, -0.25) is 14.4 Å². The minimum Gasteiger partial charge on any atom is -0.458 e. The van der Waals surface area contributed by atoms with Crippen molar-refractivity contribution >= 4 is 17.7 Å². The Balaban J connectivity index is 0.833. The van der Waals surface area contributed by atoms with Gasteiger partial charge in [-0.2, -0.15) is 0 Å². The maximum atomic E-state index is 13.9. The highest BCUT2D eigenvalue weighted by atomic mass is 16.8. The van der Waals surface area contributed by atoms with Gasteiger partial charge >= 0.3 is 11.9 Å². The van der Waals surface area contributed by atoms with E-state index in [0.29, 0.717) is 44.9 Å². The molecule has 0 bridgehead atoms. The Morgan fingerprint density at radius 3 is 1.90 bits per heavy atom. The number of hydrogen-bond donors (Lipinski definition) is 8. The van der Waals surface area contributed by atoms with E-state index in [2.05, 4.69) is 6.92 Å². The summed E-state index contributed by atoms with van der Waals surface area (Å²) < 4.78 is 80.8. The molecule has 4 aliphatic carbocycles. The number of fused-ring (bicyclic) bond motifs is 2. The first-order chi connectivity index (χ1) is 36.9. The lowest BCUT2D eigenvalue weighted by Crippen LogP contribution is -2.70. The number of aliphatic hydroxyl groups is 8. The van der Waals surface area contributed by atoms with Gasteiger partial charge < -0.3 is 102 Å². The molecule has 4 saturated carbocycles. The highest BCUT2D eigenvalue weighted by Gasteiger charge is 2.91. The molecular formula is C54H86O24. The predicted octanol–water partition coefficient (Wildman–Crippen LogP) is -0.331. The Bertz CT molecular complexity index is 2120. The zero-order valence-corrected chi connectivity index (χ0v) is 46.4. The van der Waals surface area contributed by atoms with Gasteiger partial charge in [0.1, 0.15) is 102 Å². The number of methoxy groups -OCH3 is 2. The summed E-state index contributed by atoms with van der Waals surface area (Å²) in [6.07, 6.45) is -21.7. The molecule has 0 aromatic carbocycles. The molecule has 8 N–H and O–H groups in total. The number of esters is 2. The van der Waals surface area contributed by atoms with Crippen LogP contribution in [0, 0.1) is 34.5 Å². The lowest BCUT2D eigenvalue weighted by Gasteiger charge is -2.61. The van der Waals surface area contributed by atoms with E-state index < -0.39 is 182 Å². The van der Waals surface area contributed by atoms with Gasteiger partial charge in [-0.1, -0.05) is 27.7 Å². The van der Waals surface area contributed by atoms with Crippen molar-refractivity contribution in [3.8, 4) is 0 Å². The zero-order valence-electron chi connectivity index (χ0n) is 46.4. The molecule has 24 nitrogen and oxygen atoms in total. The molecule has 0 aromatic rings. The number of ether oxygens (including phenoxy) is 13. The number of ketones is 1. The molecule has 5 heterocycles. The fourth-order valence-corrected chi connectivity index (χ4v) is 15.7. The Hall–Kier alpha value is -2.15. The van der Waals surface area contributed by atoms with Crippen molar-refractivity contribution in [2.45, 2.75) is 259 Å². The summed E-state index contributed by atoms with van der Waals surface area (Å²) in [6.45, 7) is 12.9. The molecule has 78 heavy (non-hydrogen) atoms. The molecule has 9 rings (SSSR count). The van der Waals surface area contributed by atoms with Crippen molar-refractivity contribution in [1.29, 1.82) is 0 Å². The van der Waals surface area contributed by atoms with E-state index in [9.17, 15) is 55.2 Å². The maximum Gasteiger partial charge on any atom is 0.309 e. The first kappa shape index (κ1) is 60.4. The van der Waals surface area contributed by atoms with Gasteiger partial charge in [0.15, 0.2) is 25.2 Å². The van der Waals surface area contributed by atoms with Crippen molar-refractivity contribution in [2.24, 2.45) is 34.5 Å². The van der Waals surface area contributed by atoms with Crippen LogP contribution in [0.2, 0.25) is 0 Å². The first-order valence-electron chi connectivity index (χ1n) is 28.1. The van der Waals surface area contributed by atoms with E-state index in [-0.39, 0.29) is 36.1 Å². The molecule has 0 aromatic heterocycles. The molecule has 5 saturated heterocycles. The third-order valence-corrected chi connectivity index (χ3v) is 20.0. The number of Topliss-reactive ketones (excluding diaryl/α,β-unsaturated/α-hetero) is 1. The van der Waals surface area contributed by atoms with E-state index in [1.165, 1.54) is 14.0 Å². The van der Waals surface area contributed by atoms with E-state index in [1.54, 1.807) is 21.0 Å². The molecule has 30 atom stereocenters. The van der Waals surface area contributed by atoms with Crippen LogP contribution in [0.25, 0.3) is 0 Å². The molecule has 0 amide bonds. The summed E-state index contributed by atoms with van der Waals surface area (Å²) in [6, 6.07) is 0. The van der Waals surface area contributed by atoms with Crippen LogP contribution < -0.4 is 0 Å². The normalized spacial score (nSPS) is 52.2. The van der Waals surface area contributed by atoms with Gasteiger partial charge in [0.2, 0.25) is 0 Å². The van der Waals surface area contributed by atoms with Crippen molar-refractivity contribution < 1.29 is 117 Å². The van der Waals surface area contributed by atoms with Gasteiger partial charge in [-0.25, -0.2) is 0 Å². The number of carbonyl (C=O) groups is 3. The van der Waals surface area contributed by atoms with E-state index in [1.807, 2.05) is 27.7 Å². The predicted molar refractivity (Wildman–Crippen MR) is 263 cm³/mol. The van der Waals surface area contributed by atoms with Crippen LogP contribution in [0.4, 0.5) is 0 Å². The van der Waals surface area contributed by atoms with Crippen LogP contribution in [-0.4, -0.2) is 232 Å². The van der Waals surface area contributed by atoms with Crippen molar-refractivity contribution in [3.05, 3.63) is 0 Å². The maximum absolute atomic E-state index is 13.9. The second-order valence-electron chi connectivity index (χ2n) is 24.2. The molecule has 5 aliphatic heterocycles. The number of hydrogen-bond acceptors (Lipinski definition) is 24. The topological polar surface area (TPSA) is 336 Å². The second-order valence-corrected chi connectivity index (χ2v) is 24.2. The summed E-state index contributed by atoms with van der Waals surface area (Å²) >= 11 is 0. The van der Waals surface area contributed by atoms with Crippen LogP contribution in [0.1, 0.15) is 113 Å². The Morgan fingerprint density at radius 1 is 0.641 bits per heavy atom.